The molecule has 3 heterocycles. The van der Waals surface area contributed by atoms with Crippen LogP contribution >= 0.6 is 0 Å². The van der Waals surface area contributed by atoms with Crippen molar-refractivity contribution in [2.24, 2.45) is 7.05 Å². The second-order valence-electron chi connectivity index (χ2n) is 5.21. The Morgan fingerprint density at radius 2 is 2.12 bits per heavy atom. The van der Waals surface area contributed by atoms with Gasteiger partial charge in [0.05, 0.1) is 18.1 Å². The number of alkyl halides is 3. The molecule has 0 aliphatic heterocycles. The van der Waals surface area contributed by atoms with Gasteiger partial charge in [-0.25, -0.2) is 4.98 Å². The van der Waals surface area contributed by atoms with Gasteiger partial charge in [0.2, 0.25) is 5.82 Å². The fraction of sp³-hybridized carbons (Fsp3) is 0.267. The van der Waals surface area contributed by atoms with E-state index in [0.29, 0.717) is 12.2 Å². The molecule has 0 saturated carbocycles. The molecule has 0 atom stereocenters. The first kappa shape index (κ1) is 17.6. The molecule has 0 unspecified atom stereocenters. The molecule has 3 rings (SSSR count). The Kier molecular flexibility index (Phi) is 4.45. The van der Waals surface area contributed by atoms with Gasteiger partial charge in [-0.3, -0.25) is 9.78 Å². The second-order valence-corrected chi connectivity index (χ2v) is 5.21. The summed E-state index contributed by atoms with van der Waals surface area (Å²) in [5, 5.41) is 3.29. The highest BCUT2D eigenvalue weighted by Gasteiger charge is 2.39. The first-order valence-corrected chi connectivity index (χ1v) is 7.47. The molecule has 0 aliphatic rings. The van der Waals surface area contributed by atoms with Crippen LogP contribution in [0.25, 0.3) is 11.6 Å². The zero-order valence-electron chi connectivity index (χ0n) is 13.7. The number of imidazole rings is 1. The molecule has 0 bridgehead atoms. The van der Waals surface area contributed by atoms with Crippen LogP contribution in [0, 0.1) is 0 Å². The lowest BCUT2D eigenvalue weighted by atomic mass is 10.3. The minimum Gasteiger partial charge on any atom is -0.329 e. The molecule has 11 heteroatoms. The van der Waals surface area contributed by atoms with E-state index in [1.807, 2.05) is 0 Å². The molecule has 26 heavy (non-hydrogen) atoms. The molecule has 1 amide bonds. The van der Waals surface area contributed by atoms with Gasteiger partial charge in [0.15, 0.2) is 5.82 Å². The maximum atomic E-state index is 12.8. The maximum Gasteiger partial charge on any atom is 0.471 e. The number of nitrogens with zero attached hydrogens (tertiary/aromatic N) is 6. The summed E-state index contributed by atoms with van der Waals surface area (Å²) in [6.07, 6.45) is -0.388. The van der Waals surface area contributed by atoms with Crippen molar-refractivity contribution in [1.29, 1.82) is 0 Å². The first-order chi connectivity index (χ1) is 12.3. The molecular weight excluding hydrogens is 353 g/mol. The molecule has 3 aromatic rings. The number of rotatable bonds is 4. The fourth-order valence-corrected chi connectivity index (χ4v) is 2.34. The zero-order valence-corrected chi connectivity index (χ0v) is 13.7. The molecule has 0 fully saturated rings. The number of pyridine rings is 1. The highest BCUT2D eigenvalue weighted by atomic mass is 19.4. The van der Waals surface area contributed by atoms with Crippen LogP contribution in [0.3, 0.4) is 0 Å². The molecule has 0 aliphatic carbocycles. The SMILES string of the molecule is CCN(C(=O)c1cnc(-c2noc(C(F)(F)F)n2)n1C)c1cccnc1. The number of hydrogen-bond donors (Lipinski definition) is 0. The van der Waals surface area contributed by atoms with E-state index in [-0.39, 0.29) is 23.2 Å². The molecule has 136 valence electrons. The van der Waals surface area contributed by atoms with Crippen molar-refractivity contribution in [3.63, 3.8) is 0 Å². The van der Waals surface area contributed by atoms with Crippen molar-refractivity contribution >= 4 is 11.6 Å². The van der Waals surface area contributed by atoms with Crippen molar-refractivity contribution < 1.29 is 22.5 Å². The highest BCUT2D eigenvalue weighted by molar-refractivity contribution is 6.05. The minimum absolute atomic E-state index is 0.0187. The second kappa shape index (κ2) is 6.58. The van der Waals surface area contributed by atoms with Gasteiger partial charge in [-0.1, -0.05) is 5.16 Å². The van der Waals surface area contributed by atoms with Crippen LogP contribution in [0.1, 0.15) is 23.3 Å². The van der Waals surface area contributed by atoms with Crippen LogP contribution in [0.4, 0.5) is 18.9 Å². The summed E-state index contributed by atoms with van der Waals surface area (Å²) in [6, 6.07) is 3.42. The van der Waals surface area contributed by atoms with E-state index in [9.17, 15) is 18.0 Å². The summed E-state index contributed by atoms with van der Waals surface area (Å²) in [5.41, 5.74) is 0.741. The molecule has 0 N–H and O–H groups in total. The molecular formula is C15H13F3N6O2. The Morgan fingerprint density at radius 1 is 1.35 bits per heavy atom. The van der Waals surface area contributed by atoms with Gasteiger partial charge in [0, 0.05) is 19.8 Å². The van der Waals surface area contributed by atoms with Gasteiger partial charge in [-0.05, 0) is 19.1 Å². The van der Waals surface area contributed by atoms with Crippen LogP contribution < -0.4 is 4.90 Å². The molecule has 0 spiro atoms. The van der Waals surface area contributed by atoms with Crippen LogP contribution in [0.5, 0.6) is 0 Å². The molecule has 0 saturated heterocycles. The Bertz CT molecular complexity index is 919. The lowest BCUT2D eigenvalue weighted by molar-refractivity contribution is -0.159. The van der Waals surface area contributed by atoms with E-state index < -0.39 is 12.1 Å². The minimum atomic E-state index is -4.76. The van der Waals surface area contributed by atoms with Crippen LogP contribution in [0.15, 0.2) is 35.2 Å². The Labute approximate surface area is 145 Å². The fourth-order valence-electron chi connectivity index (χ4n) is 2.34. The summed E-state index contributed by atoms with van der Waals surface area (Å²) in [7, 11) is 1.48. The predicted octanol–water partition coefficient (Wildman–Crippen LogP) is 2.55. The smallest absolute Gasteiger partial charge is 0.329 e. The van der Waals surface area contributed by atoms with Crippen molar-refractivity contribution in [2.45, 2.75) is 13.1 Å². The van der Waals surface area contributed by atoms with E-state index in [2.05, 4.69) is 24.6 Å². The number of carbonyl (C=O) groups is 1. The zero-order chi connectivity index (χ0) is 18.9. The number of aromatic nitrogens is 5. The molecule has 3 aromatic heterocycles. The number of hydrogen-bond acceptors (Lipinski definition) is 6. The lowest BCUT2D eigenvalue weighted by Gasteiger charge is -2.20. The normalized spacial score (nSPS) is 11.6. The van der Waals surface area contributed by atoms with Crippen molar-refractivity contribution in [3.05, 3.63) is 42.3 Å². The van der Waals surface area contributed by atoms with E-state index in [1.165, 1.54) is 28.9 Å². The Hall–Kier alpha value is -3.24. The molecule has 0 aromatic carbocycles. The lowest BCUT2D eigenvalue weighted by Crippen LogP contribution is -2.32. The number of carbonyl (C=O) groups excluding carboxylic acids is 1. The number of amides is 1. The van der Waals surface area contributed by atoms with Gasteiger partial charge in [-0.15, -0.1) is 0 Å². The summed E-state index contributed by atoms with van der Waals surface area (Å²) >= 11 is 0. The Balaban J connectivity index is 1.93. The standard InChI is InChI=1S/C15H13F3N6O2/c1-3-24(9-5-4-6-19-7-9)13(25)10-8-20-12(23(10)2)11-21-14(26-22-11)15(16,17)18/h4-8H,3H2,1-2H3. The Morgan fingerprint density at radius 3 is 2.69 bits per heavy atom. The summed E-state index contributed by atoms with van der Waals surface area (Å²) < 4.78 is 43.3. The summed E-state index contributed by atoms with van der Waals surface area (Å²) in [6.45, 7) is 2.16. The highest BCUT2D eigenvalue weighted by Crippen LogP contribution is 2.29. The van der Waals surface area contributed by atoms with Gasteiger partial charge in [-0.2, -0.15) is 18.2 Å². The van der Waals surface area contributed by atoms with E-state index >= 15 is 0 Å². The monoisotopic (exact) mass is 366 g/mol. The predicted molar refractivity (Wildman–Crippen MR) is 83.1 cm³/mol. The van der Waals surface area contributed by atoms with Gasteiger partial charge >= 0.3 is 12.1 Å². The summed E-state index contributed by atoms with van der Waals surface area (Å²) in [4.78, 5) is 25.5. The third kappa shape index (κ3) is 3.15. The van der Waals surface area contributed by atoms with Crippen LogP contribution in [-0.2, 0) is 13.2 Å². The summed E-state index contributed by atoms with van der Waals surface area (Å²) in [5.74, 6) is -2.24. The molecule has 8 nitrogen and oxygen atoms in total. The molecule has 0 radical (unpaired) electrons. The van der Waals surface area contributed by atoms with Crippen molar-refractivity contribution in [1.82, 2.24) is 24.7 Å². The van der Waals surface area contributed by atoms with E-state index in [0.717, 1.165) is 0 Å². The van der Waals surface area contributed by atoms with Gasteiger partial charge < -0.3 is 14.0 Å². The first-order valence-electron chi connectivity index (χ1n) is 7.47. The number of halogens is 3. The van der Waals surface area contributed by atoms with Gasteiger partial charge in [0.25, 0.3) is 5.91 Å². The van der Waals surface area contributed by atoms with E-state index in [1.54, 1.807) is 25.3 Å². The number of anilines is 1. The maximum absolute atomic E-state index is 12.8. The van der Waals surface area contributed by atoms with Crippen LogP contribution in [-0.4, -0.2) is 37.1 Å². The third-order valence-corrected chi connectivity index (χ3v) is 3.59. The topological polar surface area (TPSA) is 89.9 Å². The quantitative estimate of drug-likeness (QED) is 0.705. The largest absolute Gasteiger partial charge is 0.471 e. The third-order valence-electron chi connectivity index (χ3n) is 3.59. The van der Waals surface area contributed by atoms with Crippen molar-refractivity contribution in [2.75, 3.05) is 11.4 Å². The van der Waals surface area contributed by atoms with E-state index in [4.69, 9.17) is 0 Å². The van der Waals surface area contributed by atoms with Crippen molar-refractivity contribution in [3.8, 4) is 11.6 Å². The average molecular weight is 366 g/mol. The average Bonchev–Trinajstić information content (AvgIpc) is 3.22. The van der Waals surface area contributed by atoms with Crippen LogP contribution in [0.2, 0.25) is 0 Å². The van der Waals surface area contributed by atoms with Gasteiger partial charge in [0.1, 0.15) is 5.69 Å².